The van der Waals surface area contributed by atoms with Gasteiger partial charge in [-0.15, -0.1) is 0 Å². The molecule has 0 aliphatic carbocycles. The molecule has 0 bridgehead atoms. The summed E-state index contributed by atoms with van der Waals surface area (Å²) in [6, 6.07) is 12.3. The lowest BCUT2D eigenvalue weighted by Gasteiger charge is -2.25. The van der Waals surface area contributed by atoms with Crippen LogP contribution in [0, 0.1) is 13.8 Å². The molecule has 1 heterocycles. The summed E-state index contributed by atoms with van der Waals surface area (Å²) in [4.78, 5) is 24.2. The van der Waals surface area contributed by atoms with Crippen molar-refractivity contribution < 1.29 is 14.3 Å². The lowest BCUT2D eigenvalue weighted by Crippen LogP contribution is -2.39. The molecule has 2 N–H and O–H groups in total. The first-order valence-electron chi connectivity index (χ1n) is 7.47. The second-order valence-corrected chi connectivity index (χ2v) is 5.68. The van der Waals surface area contributed by atoms with Crippen molar-refractivity contribution in [1.82, 2.24) is 0 Å². The number of anilines is 2. The maximum absolute atomic E-state index is 12.2. The van der Waals surface area contributed by atoms with Crippen molar-refractivity contribution in [1.29, 1.82) is 0 Å². The van der Waals surface area contributed by atoms with Crippen LogP contribution in [0.25, 0.3) is 0 Å². The van der Waals surface area contributed by atoms with Crippen molar-refractivity contribution >= 4 is 23.3 Å². The number of aryl methyl sites for hydroxylation is 2. The average molecular weight is 310 g/mol. The van der Waals surface area contributed by atoms with Crippen LogP contribution >= 0.6 is 0 Å². The molecule has 23 heavy (non-hydrogen) atoms. The number of esters is 1. The van der Waals surface area contributed by atoms with Crippen LogP contribution in [0.5, 0.6) is 5.75 Å². The van der Waals surface area contributed by atoms with Crippen LogP contribution in [0.1, 0.15) is 17.5 Å². The second-order valence-electron chi connectivity index (χ2n) is 5.68. The first-order valence-corrected chi connectivity index (χ1v) is 7.47. The number of ether oxygens (including phenoxy) is 1. The number of nitrogens with one attached hydrogen (secondary N) is 2. The third-order valence-electron chi connectivity index (χ3n) is 3.77. The van der Waals surface area contributed by atoms with E-state index in [4.69, 9.17) is 4.74 Å². The monoisotopic (exact) mass is 310 g/mol. The van der Waals surface area contributed by atoms with Crippen molar-refractivity contribution in [2.75, 3.05) is 10.6 Å². The fourth-order valence-corrected chi connectivity index (χ4v) is 2.49. The van der Waals surface area contributed by atoms with Crippen LogP contribution in [-0.4, -0.2) is 17.9 Å². The normalized spacial score (nSPS) is 16.1. The maximum atomic E-state index is 12.2. The molecule has 1 atom stereocenters. The Morgan fingerprint density at radius 1 is 1.22 bits per heavy atom. The van der Waals surface area contributed by atoms with Gasteiger partial charge in [0, 0.05) is 5.69 Å². The van der Waals surface area contributed by atoms with Gasteiger partial charge in [-0.25, -0.2) is 4.79 Å². The highest BCUT2D eigenvalue weighted by Crippen LogP contribution is 2.29. The highest BCUT2D eigenvalue weighted by molar-refractivity contribution is 5.97. The topological polar surface area (TPSA) is 67.4 Å². The number of carbonyl (C=O) groups excluding carboxylic acids is 2. The molecule has 0 unspecified atom stereocenters. The molecule has 0 spiro atoms. The van der Waals surface area contributed by atoms with Crippen molar-refractivity contribution in [3.8, 4) is 5.75 Å². The molecular formula is C18H18N2O3. The molecule has 1 aliphatic rings. The zero-order chi connectivity index (χ0) is 16.4. The van der Waals surface area contributed by atoms with Crippen LogP contribution in [0.15, 0.2) is 42.5 Å². The Bertz CT molecular complexity index is 771. The molecule has 118 valence electrons. The van der Waals surface area contributed by atoms with Gasteiger partial charge in [-0.1, -0.05) is 24.3 Å². The van der Waals surface area contributed by atoms with Crippen molar-refractivity contribution in [2.45, 2.75) is 26.3 Å². The molecule has 0 saturated carbocycles. The molecule has 1 amide bonds. The van der Waals surface area contributed by atoms with E-state index in [0.717, 1.165) is 22.5 Å². The van der Waals surface area contributed by atoms with Gasteiger partial charge in [0.1, 0.15) is 6.04 Å². The van der Waals surface area contributed by atoms with E-state index in [2.05, 4.69) is 10.6 Å². The Morgan fingerprint density at radius 3 is 2.83 bits per heavy atom. The van der Waals surface area contributed by atoms with E-state index in [1.54, 1.807) is 12.1 Å². The molecule has 1 aliphatic heterocycles. The quantitative estimate of drug-likeness (QED) is 0.675. The molecule has 5 heteroatoms. The minimum atomic E-state index is -0.685. The number of benzene rings is 2. The molecule has 0 radical (unpaired) electrons. The lowest BCUT2D eigenvalue weighted by molar-refractivity contribution is -0.137. The van der Waals surface area contributed by atoms with Gasteiger partial charge in [-0.2, -0.15) is 0 Å². The lowest BCUT2D eigenvalue weighted by atomic mass is 10.1. The van der Waals surface area contributed by atoms with E-state index < -0.39 is 12.0 Å². The van der Waals surface area contributed by atoms with Crippen molar-refractivity contribution in [3.63, 3.8) is 0 Å². The van der Waals surface area contributed by atoms with Gasteiger partial charge < -0.3 is 15.4 Å². The van der Waals surface area contributed by atoms with Gasteiger partial charge in [-0.3, -0.25) is 4.79 Å². The van der Waals surface area contributed by atoms with Gasteiger partial charge in [0.05, 0.1) is 12.1 Å². The van der Waals surface area contributed by atoms with Crippen LogP contribution < -0.4 is 15.4 Å². The Morgan fingerprint density at radius 2 is 2.00 bits per heavy atom. The highest BCUT2D eigenvalue weighted by atomic mass is 16.5. The van der Waals surface area contributed by atoms with Crippen LogP contribution in [-0.2, 0) is 9.59 Å². The minimum Gasteiger partial charge on any atom is -0.423 e. The highest BCUT2D eigenvalue weighted by Gasteiger charge is 2.29. The molecular weight excluding hydrogens is 292 g/mol. The third-order valence-corrected chi connectivity index (χ3v) is 3.77. The first kappa shape index (κ1) is 15.1. The number of hydrogen-bond donors (Lipinski definition) is 2. The maximum Gasteiger partial charge on any atom is 0.334 e. The van der Waals surface area contributed by atoms with Gasteiger partial charge in [0.15, 0.2) is 5.75 Å². The Balaban J connectivity index is 1.69. The Kier molecular flexibility index (Phi) is 4.02. The van der Waals surface area contributed by atoms with Gasteiger partial charge in [0.25, 0.3) is 0 Å². The summed E-state index contributed by atoms with van der Waals surface area (Å²) in [5.41, 5.74) is 3.53. The molecule has 0 aromatic heterocycles. The van der Waals surface area contributed by atoms with Crippen LogP contribution in [0.4, 0.5) is 11.4 Å². The molecule has 3 rings (SSSR count). The third kappa shape index (κ3) is 3.34. The van der Waals surface area contributed by atoms with Crippen molar-refractivity contribution in [2.24, 2.45) is 0 Å². The number of amides is 1. The predicted molar refractivity (Wildman–Crippen MR) is 88.7 cm³/mol. The molecule has 0 fully saturated rings. The number of fused-ring (bicyclic) bond motifs is 1. The summed E-state index contributed by atoms with van der Waals surface area (Å²) in [6.07, 6.45) is 0.0144. The van der Waals surface area contributed by atoms with Crippen LogP contribution in [0.2, 0.25) is 0 Å². The average Bonchev–Trinajstić information content (AvgIpc) is 2.51. The van der Waals surface area contributed by atoms with Crippen molar-refractivity contribution in [3.05, 3.63) is 53.6 Å². The fourth-order valence-electron chi connectivity index (χ4n) is 2.49. The Hall–Kier alpha value is -2.82. The SMILES string of the molecule is Cc1ccc(C)c(NC(=O)C[C@H]2Nc3ccccc3OC2=O)c1. The summed E-state index contributed by atoms with van der Waals surface area (Å²) < 4.78 is 5.26. The number of carbonyl (C=O) groups is 2. The molecule has 0 saturated heterocycles. The molecule has 2 aromatic rings. The smallest absolute Gasteiger partial charge is 0.334 e. The summed E-state index contributed by atoms with van der Waals surface area (Å²) in [7, 11) is 0. The summed E-state index contributed by atoms with van der Waals surface area (Å²) in [6.45, 7) is 3.89. The van der Waals surface area contributed by atoms with Gasteiger partial charge in [0.2, 0.25) is 5.91 Å². The summed E-state index contributed by atoms with van der Waals surface area (Å²) in [5, 5.41) is 5.91. The second kappa shape index (κ2) is 6.12. The zero-order valence-electron chi connectivity index (χ0n) is 13.1. The van der Waals surface area contributed by atoms with E-state index in [-0.39, 0.29) is 12.3 Å². The van der Waals surface area contributed by atoms with Gasteiger partial charge >= 0.3 is 5.97 Å². The van der Waals surface area contributed by atoms with E-state index in [1.807, 2.05) is 44.2 Å². The number of hydrogen-bond acceptors (Lipinski definition) is 4. The molecule has 5 nitrogen and oxygen atoms in total. The molecule has 2 aromatic carbocycles. The summed E-state index contributed by atoms with van der Waals surface area (Å²) >= 11 is 0. The summed E-state index contributed by atoms with van der Waals surface area (Å²) in [5.74, 6) is -0.184. The standard InChI is InChI=1S/C18H18N2O3/c1-11-7-8-12(2)14(9-11)20-17(21)10-15-18(22)23-16-6-4-3-5-13(16)19-15/h3-9,15,19H,10H2,1-2H3,(H,20,21)/t15-/m1/s1. The van der Waals surface area contributed by atoms with Crippen LogP contribution in [0.3, 0.4) is 0 Å². The van der Waals surface area contributed by atoms with E-state index in [0.29, 0.717) is 5.75 Å². The van der Waals surface area contributed by atoms with E-state index in [1.165, 1.54) is 0 Å². The minimum absolute atomic E-state index is 0.0144. The Labute approximate surface area is 134 Å². The zero-order valence-corrected chi connectivity index (χ0v) is 13.1. The fraction of sp³-hybridized carbons (Fsp3) is 0.222. The largest absolute Gasteiger partial charge is 0.423 e. The van der Waals surface area contributed by atoms with E-state index >= 15 is 0 Å². The predicted octanol–water partition coefficient (Wildman–Crippen LogP) is 3.03. The first-order chi connectivity index (χ1) is 11.0. The number of rotatable bonds is 3. The van der Waals surface area contributed by atoms with Gasteiger partial charge in [-0.05, 0) is 43.2 Å². The number of para-hydroxylation sites is 2. The van der Waals surface area contributed by atoms with E-state index in [9.17, 15) is 9.59 Å².